The fourth-order valence-corrected chi connectivity index (χ4v) is 2.15. The van der Waals surface area contributed by atoms with Crippen molar-refractivity contribution in [1.82, 2.24) is 4.90 Å². The van der Waals surface area contributed by atoms with Gasteiger partial charge in [0.15, 0.2) is 0 Å². The number of aliphatic hydroxyl groups is 1. The quantitative estimate of drug-likeness (QED) is 0.591. The van der Waals surface area contributed by atoms with Gasteiger partial charge in [-0.2, -0.15) is 0 Å². The molecule has 0 aromatic heterocycles. The van der Waals surface area contributed by atoms with Crippen LogP contribution in [0.15, 0.2) is 0 Å². The van der Waals surface area contributed by atoms with Crippen LogP contribution in [0.25, 0.3) is 0 Å². The summed E-state index contributed by atoms with van der Waals surface area (Å²) in [4.78, 5) is 2.43. The van der Waals surface area contributed by atoms with Crippen LogP contribution in [0.4, 0.5) is 0 Å². The standard InChI is InChI=1S/C11H24N2O2/c12-4-8-15-9-6-13-5-1-2-11(10-13)3-7-14/h11,14H,1-10,12H2. The predicted molar refractivity (Wildman–Crippen MR) is 60.7 cm³/mol. The highest BCUT2D eigenvalue weighted by Crippen LogP contribution is 2.18. The Morgan fingerprint density at radius 3 is 3.00 bits per heavy atom. The van der Waals surface area contributed by atoms with E-state index in [1.807, 2.05) is 0 Å². The van der Waals surface area contributed by atoms with Gasteiger partial charge in [-0.3, -0.25) is 0 Å². The summed E-state index contributed by atoms with van der Waals surface area (Å²) >= 11 is 0. The van der Waals surface area contributed by atoms with Gasteiger partial charge in [-0.05, 0) is 31.7 Å². The van der Waals surface area contributed by atoms with Gasteiger partial charge in [0.05, 0.1) is 13.2 Å². The monoisotopic (exact) mass is 216 g/mol. The molecule has 0 radical (unpaired) electrons. The van der Waals surface area contributed by atoms with Crippen molar-refractivity contribution < 1.29 is 9.84 Å². The molecule has 1 atom stereocenters. The summed E-state index contributed by atoms with van der Waals surface area (Å²) in [5.41, 5.74) is 5.34. The number of piperidine rings is 1. The highest BCUT2D eigenvalue weighted by atomic mass is 16.5. The molecule has 0 saturated carbocycles. The first kappa shape index (κ1) is 12.9. The van der Waals surface area contributed by atoms with Crippen LogP contribution in [0, 0.1) is 5.92 Å². The number of ether oxygens (including phenoxy) is 1. The van der Waals surface area contributed by atoms with Crippen LogP contribution in [0.1, 0.15) is 19.3 Å². The van der Waals surface area contributed by atoms with Gasteiger partial charge in [0.1, 0.15) is 0 Å². The van der Waals surface area contributed by atoms with Crippen molar-refractivity contribution in [3.8, 4) is 0 Å². The third kappa shape index (κ3) is 5.47. The van der Waals surface area contributed by atoms with Crippen LogP contribution in [0.3, 0.4) is 0 Å². The van der Waals surface area contributed by atoms with E-state index in [-0.39, 0.29) is 0 Å². The lowest BCUT2D eigenvalue weighted by Crippen LogP contribution is -2.38. The largest absolute Gasteiger partial charge is 0.396 e. The summed E-state index contributed by atoms with van der Waals surface area (Å²) in [6.45, 7) is 5.66. The number of aliphatic hydroxyl groups excluding tert-OH is 1. The van der Waals surface area contributed by atoms with E-state index in [0.29, 0.717) is 25.7 Å². The van der Waals surface area contributed by atoms with Crippen molar-refractivity contribution in [2.45, 2.75) is 19.3 Å². The van der Waals surface area contributed by atoms with E-state index in [9.17, 15) is 0 Å². The van der Waals surface area contributed by atoms with Gasteiger partial charge in [-0.15, -0.1) is 0 Å². The van der Waals surface area contributed by atoms with Crippen LogP contribution in [0.2, 0.25) is 0 Å². The van der Waals surface area contributed by atoms with Gasteiger partial charge in [-0.25, -0.2) is 0 Å². The highest BCUT2D eigenvalue weighted by Gasteiger charge is 2.18. The fourth-order valence-electron chi connectivity index (χ4n) is 2.15. The van der Waals surface area contributed by atoms with Crippen LogP contribution in [-0.4, -0.2) is 56.0 Å². The molecule has 1 saturated heterocycles. The summed E-state index contributed by atoms with van der Waals surface area (Å²) in [5.74, 6) is 0.679. The van der Waals surface area contributed by atoms with E-state index < -0.39 is 0 Å². The second-order valence-corrected chi connectivity index (χ2v) is 4.22. The third-order valence-electron chi connectivity index (χ3n) is 2.95. The molecule has 1 aliphatic heterocycles. The van der Waals surface area contributed by atoms with Gasteiger partial charge in [0.25, 0.3) is 0 Å². The Labute approximate surface area is 92.4 Å². The topological polar surface area (TPSA) is 58.7 Å². The van der Waals surface area contributed by atoms with E-state index >= 15 is 0 Å². The van der Waals surface area contributed by atoms with Crippen molar-refractivity contribution >= 4 is 0 Å². The lowest BCUT2D eigenvalue weighted by Gasteiger charge is -2.32. The number of hydrogen-bond acceptors (Lipinski definition) is 4. The lowest BCUT2D eigenvalue weighted by molar-refractivity contribution is 0.0836. The molecule has 1 fully saturated rings. The molecule has 0 aliphatic carbocycles. The van der Waals surface area contributed by atoms with Crippen LogP contribution in [0.5, 0.6) is 0 Å². The maximum atomic E-state index is 8.89. The first-order chi connectivity index (χ1) is 7.36. The van der Waals surface area contributed by atoms with E-state index in [1.165, 1.54) is 19.4 Å². The van der Waals surface area contributed by atoms with E-state index in [0.717, 1.165) is 26.1 Å². The Morgan fingerprint density at radius 1 is 1.40 bits per heavy atom. The van der Waals surface area contributed by atoms with Crippen molar-refractivity contribution in [3.05, 3.63) is 0 Å². The SMILES string of the molecule is NCCOCCN1CCCC(CCO)C1. The van der Waals surface area contributed by atoms with Crippen molar-refractivity contribution in [3.63, 3.8) is 0 Å². The molecule has 0 amide bonds. The number of nitrogens with two attached hydrogens (primary N) is 1. The van der Waals surface area contributed by atoms with Crippen LogP contribution >= 0.6 is 0 Å². The Morgan fingerprint density at radius 2 is 2.27 bits per heavy atom. The molecule has 0 bridgehead atoms. The molecule has 1 rings (SSSR count). The summed E-state index contributed by atoms with van der Waals surface area (Å²) in [6.07, 6.45) is 3.46. The Bertz CT molecular complexity index is 154. The van der Waals surface area contributed by atoms with Crippen molar-refractivity contribution in [1.29, 1.82) is 0 Å². The van der Waals surface area contributed by atoms with Gasteiger partial charge in [0.2, 0.25) is 0 Å². The molecular formula is C11H24N2O2. The molecule has 0 spiro atoms. The summed E-state index contributed by atoms with van der Waals surface area (Å²) in [5, 5.41) is 8.89. The zero-order valence-electron chi connectivity index (χ0n) is 9.53. The molecule has 1 aliphatic rings. The van der Waals surface area contributed by atoms with E-state index in [1.54, 1.807) is 0 Å². The number of likely N-dealkylation sites (tertiary alicyclic amines) is 1. The van der Waals surface area contributed by atoms with Crippen molar-refractivity contribution in [2.24, 2.45) is 11.7 Å². The Kier molecular flexibility index (Phi) is 6.92. The number of nitrogens with zero attached hydrogens (tertiary/aromatic N) is 1. The van der Waals surface area contributed by atoms with Crippen molar-refractivity contribution in [2.75, 3.05) is 46.0 Å². The predicted octanol–water partition coefficient (Wildman–Crippen LogP) is 0.0561. The molecular weight excluding hydrogens is 192 g/mol. The lowest BCUT2D eigenvalue weighted by atomic mass is 9.95. The van der Waals surface area contributed by atoms with Gasteiger partial charge < -0.3 is 20.5 Å². The zero-order chi connectivity index (χ0) is 10.9. The minimum Gasteiger partial charge on any atom is -0.396 e. The average Bonchev–Trinajstić information content (AvgIpc) is 2.26. The van der Waals surface area contributed by atoms with Gasteiger partial charge in [-0.1, -0.05) is 0 Å². The maximum absolute atomic E-state index is 8.89. The number of rotatable bonds is 7. The molecule has 15 heavy (non-hydrogen) atoms. The number of hydrogen-bond donors (Lipinski definition) is 2. The normalized spacial score (nSPS) is 23.2. The molecule has 0 aromatic rings. The molecule has 4 heteroatoms. The summed E-state index contributed by atoms with van der Waals surface area (Å²) in [6, 6.07) is 0. The molecule has 1 heterocycles. The first-order valence-electron chi connectivity index (χ1n) is 5.98. The van der Waals surface area contributed by atoms with E-state index in [4.69, 9.17) is 15.6 Å². The minimum atomic E-state index is 0.322. The molecule has 0 aromatic carbocycles. The minimum absolute atomic E-state index is 0.322. The fraction of sp³-hybridized carbons (Fsp3) is 1.00. The molecule has 4 nitrogen and oxygen atoms in total. The zero-order valence-corrected chi connectivity index (χ0v) is 9.53. The molecule has 90 valence electrons. The van der Waals surface area contributed by atoms with E-state index in [2.05, 4.69) is 4.90 Å². The van der Waals surface area contributed by atoms with Gasteiger partial charge in [0, 0.05) is 26.2 Å². The highest BCUT2D eigenvalue weighted by molar-refractivity contribution is 4.72. The summed E-state index contributed by atoms with van der Waals surface area (Å²) < 4.78 is 5.36. The van der Waals surface area contributed by atoms with Crippen LogP contribution < -0.4 is 5.73 Å². The Balaban J connectivity index is 2.07. The second-order valence-electron chi connectivity index (χ2n) is 4.22. The molecule has 3 N–H and O–H groups in total. The smallest absolute Gasteiger partial charge is 0.0594 e. The Hall–Kier alpha value is -0.160. The average molecular weight is 216 g/mol. The first-order valence-corrected chi connectivity index (χ1v) is 5.98. The van der Waals surface area contributed by atoms with Gasteiger partial charge >= 0.3 is 0 Å². The maximum Gasteiger partial charge on any atom is 0.0594 e. The summed E-state index contributed by atoms with van der Waals surface area (Å²) in [7, 11) is 0. The second kappa shape index (κ2) is 8.05. The van der Waals surface area contributed by atoms with Crippen LogP contribution in [-0.2, 0) is 4.74 Å². The molecule has 1 unspecified atom stereocenters. The third-order valence-corrected chi connectivity index (χ3v) is 2.95.